The van der Waals surface area contributed by atoms with E-state index in [-0.39, 0.29) is 18.0 Å². The van der Waals surface area contributed by atoms with Gasteiger partial charge >= 0.3 is 0 Å². The molecule has 0 aliphatic carbocycles. The second-order valence-electron chi connectivity index (χ2n) is 8.84. The number of carbonyl (C=O) groups is 1. The highest BCUT2D eigenvalue weighted by Crippen LogP contribution is 2.31. The number of piperidine rings is 1. The Hall–Kier alpha value is -2.15. The molecule has 166 valence electrons. The normalized spacial score (nSPS) is 25.4. The fourth-order valence-electron chi connectivity index (χ4n) is 4.54. The second kappa shape index (κ2) is 10.8. The van der Waals surface area contributed by atoms with Gasteiger partial charge < -0.3 is 10.6 Å². The van der Waals surface area contributed by atoms with Crippen LogP contribution in [0.15, 0.2) is 36.0 Å². The summed E-state index contributed by atoms with van der Waals surface area (Å²) in [4.78, 5) is 24.3. The van der Waals surface area contributed by atoms with Gasteiger partial charge in [-0.15, -0.1) is 0 Å². The molecule has 3 rings (SSSR count). The van der Waals surface area contributed by atoms with Crippen molar-refractivity contribution in [3.63, 3.8) is 0 Å². The minimum Gasteiger partial charge on any atom is -0.354 e. The number of carbonyl (C=O) groups excluding carboxylic acids is 1. The third-order valence-corrected chi connectivity index (χ3v) is 6.22. The van der Waals surface area contributed by atoms with Gasteiger partial charge in [-0.3, -0.25) is 14.3 Å². The van der Waals surface area contributed by atoms with Crippen LogP contribution in [0.25, 0.3) is 0 Å². The van der Waals surface area contributed by atoms with Gasteiger partial charge in [0.2, 0.25) is 11.9 Å². The number of aliphatic imine (C=N–C) groups is 1. The van der Waals surface area contributed by atoms with E-state index in [4.69, 9.17) is 4.99 Å². The second-order valence-corrected chi connectivity index (χ2v) is 8.84. The van der Waals surface area contributed by atoms with Crippen LogP contribution in [-0.4, -0.2) is 50.6 Å². The first-order valence-corrected chi connectivity index (χ1v) is 11.6. The number of rotatable bonds is 9. The quantitative estimate of drug-likeness (QED) is 0.605. The number of imidazole rings is 1. The van der Waals surface area contributed by atoms with Gasteiger partial charge in [0, 0.05) is 43.6 Å². The fourth-order valence-corrected chi connectivity index (χ4v) is 4.54. The van der Waals surface area contributed by atoms with Crippen molar-refractivity contribution in [2.45, 2.75) is 96.3 Å². The molecule has 1 amide bonds. The van der Waals surface area contributed by atoms with Crippen molar-refractivity contribution in [3.05, 3.63) is 31.0 Å². The predicted molar refractivity (Wildman–Crippen MR) is 121 cm³/mol. The van der Waals surface area contributed by atoms with E-state index in [2.05, 4.69) is 47.4 Å². The first-order chi connectivity index (χ1) is 14.5. The molecule has 0 aromatic carbocycles. The Morgan fingerprint density at radius 1 is 1.37 bits per heavy atom. The highest BCUT2D eigenvalue weighted by molar-refractivity contribution is 5.84. The van der Waals surface area contributed by atoms with Crippen molar-refractivity contribution < 1.29 is 4.79 Å². The smallest absolute Gasteiger partial charge is 0.221 e. The van der Waals surface area contributed by atoms with Crippen LogP contribution in [0.1, 0.15) is 78.6 Å². The maximum absolute atomic E-state index is 12.8. The number of nitrogens with zero attached hydrogens (tertiary/aromatic N) is 4. The van der Waals surface area contributed by atoms with Crippen LogP contribution in [0.5, 0.6) is 0 Å². The van der Waals surface area contributed by atoms with Crippen LogP contribution in [0.2, 0.25) is 0 Å². The van der Waals surface area contributed by atoms with Gasteiger partial charge in [-0.2, -0.15) is 0 Å². The van der Waals surface area contributed by atoms with Crippen molar-refractivity contribution in [3.8, 4) is 0 Å². The number of nitrogens with one attached hydrogen (secondary N) is 2. The van der Waals surface area contributed by atoms with Gasteiger partial charge in [-0.25, -0.2) is 9.98 Å². The van der Waals surface area contributed by atoms with E-state index in [1.54, 1.807) is 12.5 Å². The largest absolute Gasteiger partial charge is 0.354 e. The molecule has 30 heavy (non-hydrogen) atoms. The van der Waals surface area contributed by atoms with E-state index in [1.165, 1.54) is 25.7 Å². The van der Waals surface area contributed by atoms with Crippen LogP contribution >= 0.6 is 0 Å². The zero-order valence-electron chi connectivity index (χ0n) is 18.8. The molecule has 3 unspecified atom stereocenters. The molecular formula is C23H38N6O. The molecule has 0 bridgehead atoms. The topological polar surface area (TPSA) is 74.6 Å². The lowest BCUT2D eigenvalue weighted by Gasteiger charge is -2.45. The number of likely N-dealkylation sites (tertiary alicyclic amines) is 1. The van der Waals surface area contributed by atoms with Gasteiger partial charge in [0.15, 0.2) is 0 Å². The highest BCUT2D eigenvalue weighted by atomic mass is 16.1. The predicted octanol–water partition coefficient (Wildman–Crippen LogP) is 3.64. The summed E-state index contributed by atoms with van der Waals surface area (Å²) in [6.07, 6.45) is 19.3. The molecule has 7 nitrogen and oxygen atoms in total. The first kappa shape index (κ1) is 22.5. The van der Waals surface area contributed by atoms with E-state index in [0.29, 0.717) is 6.42 Å². The summed E-state index contributed by atoms with van der Waals surface area (Å²) in [6.45, 7) is 7.43. The van der Waals surface area contributed by atoms with Crippen molar-refractivity contribution in [1.82, 2.24) is 25.1 Å². The Morgan fingerprint density at radius 2 is 2.23 bits per heavy atom. The number of amides is 1. The molecule has 1 aromatic heterocycles. The number of aromatic nitrogens is 2. The number of hydrogen-bond acceptors (Lipinski definition) is 5. The van der Waals surface area contributed by atoms with E-state index in [9.17, 15) is 4.79 Å². The van der Waals surface area contributed by atoms with Gasteiger partial charge in [0.25, 0.3) is 0 Å². The fraction of sp³-hybridized carbons (Fsp3) is 0.696. The monoisotopic (exact) mass is 414 g/mol. The molecule has 3 heterocycles. The summed E-state index contributed by atoms with van der Waals surface area (Å²) in [7, 11) is 0. The molecule has 2 aliphatic heterocycles. The number of hydrogen-bond donors (Lipinski definition) is 2. The first-order valence-electron chi connectivity index (χ1n) is 11.6. The lowest BCUT2D eigenvalue weighted by molar-refractivity contribution is -0.123. The van der Waals surface area contributed by atoms with Crippen LogP contribution < -0.4 is 10.6 Å². The molecule has 0 spiro atoms. The molecule has 0 radical (unpaired) electrons. The van der Waals surface area contributed by atoms with Crippen molar-refractivity contribution in [2.75, 3.05) is 6.54 Å². The lowest BCUT2D eigenvalue weighted by atomic mass is 9.94. The molecule has 7 heteroatoms. The zero-order chi connectivity index (χ0) is 21.4. The maximum Gasteiger partial charge on any atom is 0.221 e. The minimum atomic E-state index is -0.470. The third kappa shape index (κ3) is 5.94. The average Bonchev–Trinajstić information content (AvgIpc) is 3.26. The van der Waals surface area contributed by atoms with Crippen LogP contribution in [0.3, 0.4) is 0 Å². The molecule has 1 fully saturated rings. The Balaban J connectivity index is 1.61. The molecule has 1 saturated heterocycles. The SMILES string of the molecule is CCCCCCC(C)NC(=O)CC1CCCCN1C1(C)C=CNC(n2ccnc2)=N1. The van der Waals surface area contributed by atoms with Crippen LogP contribution in [0, 0.1) is 0 Å². The zero-order valence-corrected chi connectivity index (χ0v) is 18.8. The van der Waals surface area contributed by atoms with E-state index >= 15 is 0 Å². The molecule has 0 saturated carbocycles. The van der Waals surface area contributed by atoms with Crippen molar-refractivity contribution in [1.29, 1.82) is 0 Å². The van der Waals surface area contributed by atoms with Gasteiger partial charge in [-0.1, -0.05) is 39.0 Å². The molecular weight excluding hydrogens is 376 g/mol. The summed E-state index contributed by atoms with van der Waals surface area (Å²) in [5, 5.41) is 6.44. The highest BCUT2D eigenvalue weighted by Gasteiger charge is 2.38. The Kier molecular flexibility index (Phi) is 8.08. The summed E-state index contributed by atoms with van der Waals surface area (Å²) in [5.41, 5.74) is -0.470. The van der Waals surface area contributed by atoms with Crippen LogP contribution in [0.4, 0.5) is 0 Å². The molecule has 3 atom stereocenters. The number of unbranched alkanes of at least 4 members (excludes halogenated alkanes) is 3. The lowest BCUT2D eigenvalue weighted by Crippen LogP contribution is -2.55. The third-order valence-electron chi connectivity index (χ3n) is 6.22. The van der Waals surface area contributed by atoms with Crippen LogP contribution in [-0.2, 0) is 4.79 Å². The van der Waals surface area contributed by atoms with Crippen molar-refractivity contribution >= 4 is 11.9 Å². The average molecular weight is 415 g/mol. The van der Waals surface area contributed by atoms with E-state index in [0.717, 1.165) is 38.2 Å². The van der Waals surface area contributed by atoms with E-state index in [1.807, 2.05) is 17.0 Å². The molecule has 2 aliphatic rings. The standard InChI is InChI=1S/C23H38N6O/c1-4-5-6-7-10-19(2)26-21(30)17-20-11-8-9-15-29(20)23(3)12-13-25-22(27-23)28-16-14-24-18-28/h12-14,16,18-20H,4-11,15,17H2,1-3H3,(H,25,27)(H,26,30). The Bertz CT molecular complexity index is 728. The molecule has 1 aromatic rings. The Morgan fingerprint density at radius 3 is 3.00 bits per heavy atom. The maximum atomic E-state index is 12.8. The summed E-state index contributed by atoms with van der Waals surface area (Å²) >= 11 is 0. The minimum absolute atomic E-state index is 0.162. The van der Waals surface area contributed by atoms with Crippen molar-refractivity contribution in [2.24, 2.45) is 4.99 Å². The van der Waals surface area contributed by atoms with Gasteiger partial charge in [0.1, 0.15) is 12.0 Å². The van der Waals surface area contributed by atoms with Gasteiger partial charge in [0.05, 0.1) is 0 Å². The Labute approximate surface area is 181 Å². The summed E-state index contributed by atoms with van der Waals surface area (Å²) < 4.78 is 1.88. The van der Waals surface area contributed by atoms with E-state index < -0.39 is 5.66 Å². The summed E-state index contributed by atoms with van der Waals surface area (Å²) in [5.74, 6) is 0.919. The van der Waals surface area contributed by atoms with Gasteiger partial charge in [-0.05, 0) is 39.2 Å². The molecule has 2 N–H and O–H groups in total. The summed E-state index contributed by atoms with van der Waals surface area (Å²) in [6, 6.07) is 0.443.